The number of nitrogens with zero attached hydrogens (tertiary/aromatic N) is 3. The summed E-state index contributed by atoms with van der Waals surface area (Å²) in [7, 11) is 1.69. The van der Waals surface area contributed by atoms with Crippen molar-refractivity contribution in [3.63, 3.8) is 0 Å². The maximum absolute atomic E-state index is 6.01. The van der Waals surface area contributed by atoms with Crippen LogP contribution in [-0.4, -0.2) is 28.2 Å². The van der Waals surface area contributed by atoms with Gasteiger partial charge in [-0.05, 0) is 11.5 Å². The molecular weight excluding hydrogens is 266 g/mol. The van der Waals surface area contributed by atoms with Gasteiger partial charge in [0.05, 0.1) is 6.54 Å². The number of aromatic nitrogens is 3. The van der Waals surface area contributed by atoms with E-state index in [2.05, 4.69) is 40.7 Å². The van der Waals surface area contributed by atoms with Crippen LogP contribution in [0, 0.1) is 11.8 Å². The van der Waals surface area contributed by atoms with Crippen LogP contribution in [0.4, 0.5) is 0 Å². The highest BCUT2D eigenvalue weighted by molar-refractivity contribution is 5.16. The topological polar surface area (TPSA) is 49.2 Å². The molecule has 2 heterocycles. The first-order valence-corrected chi connectivity index (χ1v) is 7.30. The molecule has 4 unspecified atom stereocenters. The molecule has 2 aromatic rings. The van der Waals surface area contributed by atoms with Crippen molar-refractivity contribution in [3.05, 3.63) is 48.0 Å². The van der Waals surface area contributed by atoms with Crippen molar-refractivity contribution in [1.82, 2.24) is 14.8 Å². The Morgan fingerprint density at radius 2 is 1.95 bits per heavy atom. The van der Waals surface area contributed by atoms with Gasteiger partial charge in [-0.15, -0.1) is 10.2 Å². The summed E-state index contributed by atoms with van der Waals surface area (Å²) in [6.07, 6.45) is 1.52. The van der Waals surface area contributed by atoms with E-state index < -0.39 is 0 Å². The van der Waals surface area contributed by atoms with Gasteiger partial charge in [-0.1, -0.05) is 44.2 Å². The van der Waals surface area contributed by atoms with Crippen LogP contribution >= 0.6 is 0 Å². The Bertz CT molecular complexity index is 584. The van der Waals surface area contributed by atoms with Crippen molar-refractivity contribution in [2.24, 2.45) is 11.8 Å². The Balaban J connectivity index is 1.83. The fourth-order valence-electron chi connectivity index (χ4n) is 2.87. The summed E-state index contributed by atoms with van der Waals surface area (Å²) in [5, 5.41) is 8.35. The van der Waals surface area contributed by atoms with Crippen LogP contribution < -0.4 is 0 Å². The van der Waals surface area contributed by atoms with E-state index >= 15 is 0 Å². The van der Waals surface area contributed by atoms with Crippen molar-refractivity contribution in [2.75, 3.05) is 7.11 Å². The van der Waals surface area contributed by atoms with Crippen molar-refractivity contribution < 1.29 is 9.47 Å². The van der Waals surface area contributed by atoms with Crippen molar-refractivity contribution >= 4 is 0 Å². The van der Waals surface area contributed by atoms with Gasteiger partial charge in [-0.2, -0.15) is 0 Å². The van der Waals surface area contributed by atoms with E-state index in [4.69, 9.17) is 9.47 Å². The average molecular weight is 287 g/mol. The quantitative estimate of drug-likeness (QED) is 0.867. The molecule has 1 aromatic heterocycles. The van der Waals surface area contributed by atoms with Crippen LogP contribution in [0.1, 0.15) is 31.3 Å². The van der Waals surface area contributed by atoms with Crippen molar-refractivity contribution in [2.45, 2.75) is 32.8 Å². The van der Waals surface area contributed by atoms with Crippen LogP contribution in [0.15, 0.2) is 36.7 Å². The first-order valence-electron chi connectivity index (χ1n) is 7.30. The first-order chi connectivity index (χ1) is 10.2. The van der Waals surface area contributed by atoms with Crippen molar-refractivity contribution in [1.29, 1.82) is 0 Å². The second-order valence-electron chi connectivity index (χ2n) is 5.68. The Morgan fingerprint density at radius 3 is 2.62 bits per heavy atom. The lowest BCUT2D eigenvalue weighted by molar-refractivity contribution is -0.132. The number of hydrogen-bond donors (Lipinski definition) is 0. The van der Waals surface area contributed by atoms with E-state index in [0.29, 0.717) is 11.8 Å². The minimum atomic E-state index is -0.174. The van der Waals surface area contributed by atoms with Gasteiger partial charge >= 0.3 is 0 Å². The number of methoxy groups -OCH3 is 1. The minimum absolute atomic E-state index is 0.0730. The fraction of sp³-hybridized carbons (Fsp3) is 0.500. The number of benzene rings is 1. The second kappa shape index (κ2) is 5.95. The van der Waals surface area contributed by atoms with Gasteiger partial charge in [0.1, 0.15) is 12.4 Å². The molecule has 4 atom stereocenters. The van der Waals surface area contributed by atoms with Gasteiger partial charge < -0.3 is 14.0 Å². The van der Waals surface area contributed by atoms with E-state index in [1.54, 1.807) is 13.4 Å². The van der Waals surface area contributed by atoms with Crippen LogP contribution in [-0.2, 0) is 16.0 Å². The van der Waals surface area contributed by atoms with Crippen LogP contribution in [0.25, 0.3) is 0 Å². The molecule has 0 radical (unpaired) electrons. The van der Waals surface area contributed by atoms with E-state index in [9.17, 15) is 0 Å². The molecule has 1 saturated heterocycles. The molecule has 21 heavy (non-hydrogen) atoms. The molecule has 0 N–H and O–H groups in total. The summed E-state index contributed by atoms with van der Waals surface area (Å²) in [4.78, 5) is 0. The molecule has 0 aliphatic carbocycles. The van der Waals surface area contributed by atoms with E-state index in [1.165, 1.54) is 5.56 Å². The van der Waals surface area contributed by atoms with E-state index in [0.717, 1.165) is 12.4 Å². The maximum Gasteiger partial charge on any atom is 0.162 e. The molecule has 1 aliphatic heterocycles. The Labute approximate surface area is 124 Å². The molecule has 5 heteroatoms. The molecular formula is C16H21N3O2. The molecule has 0 bridgehead atoms. The summed E-state index contributed by atoms with van der Waals surface area (Å²) in [6, 6.07) is 10.3. The lowest BCUT2D eigenvalue weighted by Gasteiger charge is -2.16. The van der Waals surface area contributed by atoms with E-state index in [-0.39, 0.29) is 12.4 Å². The van der Waals surface area contributed by atoms with Gasteiger partial charge in [0.25, 0.3) is 0 Å². The van der Waals surface area contributed by atoms with E-state index in [1.807, 2.05) is 18.2 Å². The predicted molar refractivity (Wildman–Crippen MR) is 78.5 cm³/mol. The number of hydrogen-bond acceptors (Lipinski definition) is 4. The summed E-state index contributed by atoms with van der Waals surface area (Å²) in [6.45, 7) is 5.08. The van der Waals surface area contributed by atoms with Crippen LogP contribution in [0.3, 0.4) is 0 Å². The van der Waals surface area contributed by atoms with Crippen molar-refractivity contribution in [3.8, 4) is 0 Å². The van der Waals surface area contributed by atoms with Gasteiger partial charge in [0.2, 0.25) is 0 Å². The smallest absolute Gasteiger partial charge is 0.162 e. The summed E-state index contributed by atoms with van der Waals surface area (Å²) < 4.78 is 13.5. The fourth-order valence-corrected chi connectivity index (χ4v) is 2.87. The largest absolute Gasteiger partial charge is 0.356 e. The number of rotatable bonds is 4. The van der Waals surface area contributed by atoms with Gasteiger partial charge in [0, 0.05) is 13.0 Å². The number of ether oxygens (including phenoxy) is 2. The Kier molecular flexibility index (Phi) is 4.03. The highest BCUT2D eigenvalue weighted by atomic mass is 16.7. The third-order valence-electron chi connectivity index (χ3n) is 4.34. The predicted octanol–water partition coefficient (Wildman–Crippen LogP) is 2.64. The third kappa shape index (κ3) is 2.71. The summed E-state index contributed by atoms with van der Waals surface area (Å²) in [5.74, 6) is 1.55. The standard InChI is InChI=1S/C16H21N3O2/c1-11-12(2)16(20-3)21-14(11)15-18-17-10-19(15)9-13-7-5-4-6-8-13/h4-8,10-12,14,16H,9H2,1-3H3. The Hall–Kier alpha value is -1.72. The monoisotopic (exact) mass is 287 g/mol. The minimum Gasteiger partial charge on any atom is -0.356 e. The summed E-state index contributed by atoms with van der Waals surface area (Å²) in [5.41, 5.74) is 1.22. The third-order valence-corrected chi connectivity index (χ3v) is 4.34. The van der Waals surface area contributed by atoms with Crippen LogP contribution in [0.5, 0.6) is 0 Å². The van der Waals surface area contributed by atoms with Gasteiger partial charge in [-0.3, -0.25) is 0 Å². The average Bonchev–Trinajstić information content (AvgIpc) is 3.06. The molecule has 112 valence electrons. The molecule has 0 saturated carbocycles. The zero-order valence-electron chi connectivity index (χ0n) is 12.6. The Morgan fingerprint density at radius 1 is 1.19 bits per heavy atom. The maximum atomic E-state index is 6.01. The molecule has 1 aromatic carbocycles. The van der Waals surface area contributed by atoms with Gasteiger partial charge in [-0.25, -0.2) is 0 Å². The SMILES string of the molecule is COC1OC(c2nncn2Cc2ccccc2)C(C)C1C. The lowest BCUT2D eigenvalue weighted by atomic mass is 9.93. The molecule has 3 rings (SSSR count). The molecule has 1 fully saturated rings. The molecule has 5 nitrogen and oxygen atoms in total. The summed E-state index contributed by atoms with van der Waals surface area (Å²) >= 11 is 0. The first kappa shape index (κ1) is 14.2. The molecule has 0 spiro atoms. The molecule has 0 amide bonds. The zero-order valence-corrected chi connectivity index (χ0v) is 12.6. The lowest BCUT2D eigenvalue weighted by Crippen LogP contribution is -2.17. The highest BCUT2D eigenvalue weighted by Crippen LogP contribution is 2.41. The van der Waals surface area contributed by atoms with Gasteiger partial charge in [0.15, 0.2) is 12.1 Å². The normalized spacial score (nSPS) is 28.9. The van der Waals surface area contributed by atoms with Crippen LogP contribution in [0.2, 0.25) is 0 Å². The highest BCUT2D eigenvalue weighted by Gasteiger charge is 2.42. The zero-order chi connectivity index (χ0) is 14.8. The second-order valence-corrected chi connectivity index (χ2v) is 5.68. The molecule has 1 aliphatic rings.